The van der Waals surface area contributed by atoms with Crippen molar-refractivity contribution in [3.05, 3.63) is 108 Å². The predicted octanol–water partition coefficient (Wildman–Crippen LogP) is -4.32. The molecule has 0 aliphatic carbocycles. The Bertz CT molecular complexity index is 3650. The van der Waals surface area contributed by atoms with E-state index in [0.29, 0.717) is 11.1 Å². The Morgan fingerprint density at radius 3 is 1.95 bits per heavy atom. The summed E-state index contributed by atoms with van der Waals surface area (Å²) < 4.78 is 0. The van der Waals surface area contributed by atoms with Crippen molar-refractivity contribution in [2.75, 3.05) is 32.7 Å². The number of phenolic OH excluding ortho intramolecular Hbond substituents is 1. The number of aromatic nitrogens is 1. The molecule has 0 unspecified atom stereocenters. The van der Waals surface area contributed by atoms with Crippen LogP contribution in [0.1, 0.15) is 82.4 Å². The number of carbonyl (C=O) groups excluding carboxylic acids is 13. The summed E-state index contributed by atoms with van der Waals surface area (Å²) >= 11 is 0. The molecule has 0 radical (unpaired) electrons. The van der Waals surface area contributed by atoms with Gasteiger partial charge in [-0.2, -0.15) is 0 Å². The third-order valence-electron chi connectivity index (χ3n) is 16.2. The zero-order valence-corrected chi connectivity index (χ0v) is 54.2. The molecule has 524 valence electrons. The molecule has 3 aliphatic heterocycles. The second-order valence-electron chi connectivity index (χ2n) is 24.5. The van der Waals surface area contributed by atoms with Crippen LogP contribution in [-0.2, 0) is 86.4 Å². The fourth-order valence-corrected chi connectivity index (χ4v) is 11.3. The number of rotatable bonds is 16. The summed E-state index contributed by atoms with van der Waals surface area (Å²) in [5.41, 5.74) is 12.3. The van der Waals surface area contributed by atoms with E-state index < -0.39 is 188 Å². The van der Waals surface area contributed by atoms with Gasteiger partial charge in [0.2, 0.25) is 76.8 Å². The zero-order chi connectivity index (χ0) is 71.2. The SMILES string of the molecule is CC(=O)N[C@H](Cc1ccc2ccccc2c1)C(=O)N[C@H]1CC(=O)NCC(=O)NC[C@H]2NC(=O)[C@H](Cc3ccc(O)cc3)NC(=O)[C@H](CC(=O)NC[C@@H](C(=O)O)NC(=O)[C@@H]3CCCN3C(=O)[C@H](CCCN=C(N)N)NC(=O)[C@H](CC(C)C)NC2=O)NC(=O)[C@@H](Cc2cccnc2)NC1=O. The number of phenols is 1. The fraction of sp³-hybridized carbons (Fsp3) is 0.446. The highest BCUT2D eigenvalue weighted by Gasteiger charge is 2.41. The quantitative estimate of drug-likeness (QED) is 0.0287. The average molecular weight is 1360 g/mol. The average Bonchev–Trinajstić information content (AvgIpc) is 1.66. The summed E-state index contributed by atoms with van der Waals surface area (Å²) in [5.74, 6) is -15.9. The van der Waals surface area contributed by atoms with Crippen LogP contribution in [0.25, 0.3) is 10.8 Å². The van der Waals surface area contributed by atoms with Crippen molar-refractivity contribution in [3.8, 4) is 5.75 Å². The van der Waals surface area contributed by atoms with Crippen LogP contribution in [0.15, 0.2) is 96.2 Å². The summed E-state index contributed by atoms with van der Waals surface area (Å²) in [6.07, 6.45) is -0.165. The largest absolute Gasteiger partial charge is 0.508 e. The molecule has 1 aromatic heterocycles. The number of carbonyl (C=O) groups is 14. The third kappa shape index (κ3) is 22.4. The van der Waals surface area contributed by atoms with Gasteiger partial charge in [0.25, 0.3) is 0 Å². The van der Waals surface area contributed by atoms with Crippen molar-refractivity contribution >= 4 is 99.5 Å². The number of guanidine groups is 1. The number of hydrogen-bond acceptors (Lipinski definition) is 17. The van der Waals surface area contributed by atoms with Gasteiger partial charge in [-0.3, -0.25) is 72.3 Å². The van der Waals surface area contributed by atoms with Gasteiger partial charge in [-0.15, -0.1) is 0 Å². The van der Waals surface area contributed by atoms with E-state index in [9.17, 15) is 67.7 Å². The van der Waals surface area contributed by atoms with Gasteiger partial charge in [0.1, 0.15) is 66.2 Å². The van der Waals surface area contributed by atoms with Gasteiger partial charge in [-0.25, -0.2) is 4.79 Å². The standard InChI is InChI=1S/C65H83N17O16/c1-34(2)23-43-55(88)74-42(12-7-21-69-65(66)67)63(96)82-22-8-13-51(82)62(95)81-50(64(97)98)32-70-52(85)28-47-59(92)76-45(25-36-15-18-41(84)19-16-36)58(91)80-49(61(94)75-43)31-71-54(87)33-72-53(86)29-48(60(93)77-46(57(90)79-47)27-38-9-6-20-68-30-38)78-56(89)44(73-35(3)83)26-37-14-17-39-10-4-5-11-40(39)24-37/h4-6,9-11,14-20,24,30,34,42-51,84H,7-8,12-13,21-23,25-29,31-33H2,1-3H3,(H,70,85)(H,71,87)(H,72,86)(H,73,83)(H,74,88)(H,75,94)(H,76,92)(H,77,93)(H,78,89)(H,79,90)(H,80,91)(H,81,95)(H,97,98)(H4,66,67,69)/t42-,43-,44+,45-,46+,47-,48-,49+,50-,51-/m0/s1. The molecule has 33 heteroatoms. The minimum absolute atomic E-state index is 0.0141. The number of amides is 13. The molecule has 10 atom stereocenters. The van der Waals surface area contributed by atoms with Gasteiger partial charge in [0.15, 0.2) is 5.96 Å². The molecule has 0 saturated carbocycles. The van der Waals surface area contributed by atoms with Gasteiger partial charge >= 0.3 is 5.97 Å². The first-order valence-electron chi connectivity index (χ1n) is 31.9. The number of benzene rings is 3. The molecule has 7 rings (SSSR count). The lowest BCUT2D eigenvalue weighted by molar-refractivity contribution is -0.145. The maximum absolute atomic E-state index is 15.1. The Balaban J connectivity index is 1.33. The second kappa shape index (κ2) is 35.5. The van der Waals surface area contributed by atoms with E-state index in [1.54, 1.807) is 32.0 Å². The molecule has 18 N–H and O–H groups in total. The van der Waals surface area contributed by atoms with Crippen molar-refractivity contribution < 1.29 is 77.3 Å². The number of fused-ring (bicyclic) bond motifs is 8. The number of aliphatic carboxylic acids is 1. The fourth-order valence-electron chi connectivity index (χ4n) is 11.3. The van der Waals surface area contributed by atoms with Gasteiger partial charge in [-0.1, -0.05) is 74.5 Å². The number of aliphatic imine (C=N–C) groups is 1. The Kier molecular flexibility index (Phi) is 26.8. The number of nitrogens with one attached hydrogen (secondary N) is 12. The van der Waals surface area contributed by atoms with Crippen LogP contribution in [0.4, 0.5) is 0 Å². The predicted molar refractivity (Wildman–Crippen MR) is 350 cm³/mol. The first-order valence-corrected chi connectivity index (χ1v) is 31.9. The molecular formula is C65H83N17O16. The van der Waals surface area contributed by atoms with Crippen LogP contribution in [0.5, 0.6) is 5.75 Å². The highest BCUT2D eigenvalue weighted by Crippen LogP contribution is 2.22. The normalized spacial score (nSPS) is 23.4. The first-order chi connectivity index (χ1) is 46.7. The van der Waals surface area contributed by atoms with E-state index in [1.165, 1.54) is 48.8 Å². The van der Waals surface area contributed by atoms with Crippen molar-refractivity contribution in [2.24, 2.45) is 22.4 Å². The minimum Gasteiger partial charge on any atom is -0.508 e. The minimum atomic E-state index is -2.08. The summed E-state index contributed by atoms with van der Waals surface area (Å²) in [7, 11) is 0. The van der Waals surface area contributed by atoms with Gasteiger partial charge in [-0.05, 0) is 83.7 Å². The van der Waals surface area contributed by atoms with Crippen molar-refractivity contribution in [1.82, 2.24) is 73.7 Å². The topological polar surface area (TPSA) is 504 Å². The number of carboxylic acid groups (broad SMARTS) is 1. The van der Waals surface area contributed by atoms with Crippen LogP contribution in [0.2, 0.25) is 0 Å². The highest BCUT2D eigenvalue weighted by atomic mass is 16.4. The molecule has 98 heavy (non-hydrogen) atoms. The number of carboxylic acids is 1. The summed E-state index contributed by atoms with van der Waals surface area (Å²) in [6.45, 7) is 2.01. The second-order valence-corrected chi connectivity index (χ2v) is 24.5. The van der Waals surface area contributed by atoms with Crippen molar-refractivity contribution in [3.63, 3.8) is 0 Å². The number of hydrogen-bond donors (Lipinski definition) is 16. The molecular weight excluding hydrogens is 1270 g/mol. The Labute approximate surface area is 562 Å². The maximum Gasteiger partial charge on any atom is 0.328 e. The number of nitrogens with two attached hydrogens (primary N) is 2. The van der Waals surface area contributed by atoms with E-state index in [2.05, 4.69) is 73.8 Å². The Hall–Kier alpha value is -11.3. The van der Waals surface area contributed by atoms with Gasteiger partial charge < -0.3 is 90.4 Å². The molecule has 2 bridgehead atoms. The molecule has 3 aliphatic rings. The first kappa shape index (κ1) is 74.1. The molecule has 0 spiro atoms. The van der Waals surface area contributed by atoms with E-state index in [0.717, 1.165) is 22.6 Å². The summed E-state index contributed by atoms with van der Waals surface area (Å²) in [4.78, 5) is 210. The lowest BCUT2D eigenvalue weighted by Crippen LogP contribution is -2.63. The lowest BCUT2D eigenvalue weighted by atomic mass is 10.0. The van der Waals surface area contributed by atoms with Crippen LogP contribution in [-0.4, -0.2) is 202 Å². The maximum atomic E-state index is 15.1. The van der Waals surface area contributed by atoms with Crippen molar-refractivity contribution in [1.29, 1.82) is 0 Å². The van der Waals surface area contributed by atoms with Crippen molar-refractivity contribution in [2.45, 2.75) is 145 Å². The van der Waals surface area contributed by atoms with Crippen LogP contribution >= 0.6 is 0 Å². The highest BCUT2D eigenvalue weighted by molar-refractivity contribution is 6.01. The van der Waals surface area contributed by atoms with E-state index in [4.69, 9.17) is 11.5 Å². The van der Waals surface area contributed by atoms with Gasteiger partial charge in [0, 0.05) is 64.8 Å². The van der Waals surface area contributed by atoms with Crippen LogP contribution in [0.3, 0.4) is 0 Å². The molecule has 33 nitrogen and oxygen atoms in total. The monoisotopic (exact) mass is 1360 g/mol. The summed E-state index contributed by atoms with van der Waals surface area (Å²) in [6, 6.07) is 4.00. The molecule has 3 aromatic carbocycles. The van der Waals surface area contributed by atoms with E-state index >= 15 is 9.59 Å². The molecule has 3 fully saturated rings. The van der Waals surface area contributed by atoms with E-state index in [-0.39, 0.29) is 74.8 Å². The van der Waals surface area contributed by atoms with E-state index in [1.807, 2.05) is 24.3 Å². The number of nitrogens with zero attached hydrogens (tertiary/aromatic N) is 3. The zero-order valence-electron chi connectivity index (χ0n) is 54.2. The van der Waals surface area contributed by atoms with Crippen LogP contribution < -0.4 is 75.3 Å². The molecule has 13 amide bonds. The molecule has 4 aromatic rings. The Morgan fingerprint density at radius 2 is 1.28 bits per heavy atom. The number of pyridine rings is 1. The molecule has 4 heterocycles. The third-order valence-corrected chi connectivity index (χ3v) is 16.2. The molecule has 3 saturated heterocycles. The smallest absolute Gasteiger partial charge is 0.328 e. The van der Waals surface area contributed by atoms with Gasteiger partial charge in [0.05, 0.1) is 19.4 Å². The Morgan fingerprint density at radius 1 is 0.653 bits per heavy atom. The van der Waals surface area contributed by atoms with Crippen LogP contribution in [0, 0.1) is 5.92 Å². The lowest BCUT2D eigenvalue weighted by Gasteiger charge is -2.31. The summed E-state index contributed by atoms with van der Waals surface area (Å²) in [5, 5.41) is 52.2. The number of aromatic hydroxyl groups is 1.